The summed E-state index contributed by atoms with van der Waals surface area (Å²) < 4.78 is 10.8. The van der Waals surface area contributed by atoms with Crippen LogP contribution in [0.3, 0.4) is 0 Å². The van der Waals surface area contributed by atoms with Crippen LogP contribution in [0.1, 0.15) is 49.6 Å². The van der Waals surface area contributed by atoms with Gasteiger partial charge in [0.15, 0.2) is 6.29 Å². The van der Waals surface area contributed by atoms with E-state index >= 15 is 0 Å². The first-order valence-electron chi connectivity index (χ1n) is 8.12. The Bertz CT molecular complexity index is 548. The number of nitrogens with two attached hydrogens (primary N) is 1. The number of aryl methyl sites for hydroxylation is 2. The van der Waals surface area contributed by atoms with Crippen molar-refractivity contribution in [2.45, 2.75) is 52.2 Å². The standard InChI is InChI=1S/C16H26N4O3/c1-4-6-14(21-3)22-9-10-23-20-13-8-5-7-12-15(13)11(2)18-16(17)19-12/h14H,4-10H2,1-3H3,(H2,17,18,19)/b20-13+. The van der Waals surface area contributed by atoms with E-state index in [1.54, 1.807) is 7.11 Å². The quantitative estimate of drug-likeness (QED) is 0.448. The molecule has 1 unspecified atom stereocenters. The van der Waals surface area contributed by atoms with E-state index in [1.807, 2.05) is 6.92 Å². The van der Waals surface area contributed by atoms with Gasteiger partial charge in [0.25, 0.3) is 0 Å². The molecule has 128 valence electrons. The number of nitrogen functional groups attached to an aromatic ring is 1. The molecule has 0 aliphatic heterocycles. The van der Waals surface area contributed by atoms with Crippen LogP contribution in [-0.4, -0.2) is 42.3 Å². The first-order valence-corrected chi connectivity index (χ1v) is 8.12. The van der Waals surface area contributed by atoms with Gasteiger partial charge in [0.05, 0.1) is 23.7 Å². The fourth-order valence-electron chi connectivity index (χ4n) is 2.70. The number of ether oxygens (including phenoxy) is 2. The zero-order valence-corrected chi connectivity index (χ0v) is 14.2. The molecule has 7 nitrogen and oxygen atoms in total. The lowest BCUT2D eigenvalue weighted by atomic mass is 9.93. The second-order valence-corrected chi connectivity index (χ2v) is 5.54. The Balaban J connectivity index is 1.90. The second-order valence-electron chi connectivity index (χ2n) is 5.54. The first kappa shape index (κ1) is 17.6. The van der Waals surface area contributed by atoms with E-state index in [0.29, 0.717) is 19.2 Å². The normalized spacial score (nSPS) is 17.1. The largest absolute Gasteiger partial charge is 0.393 e. The molecule has 0 spiro atoms. The number of anilines is 1. The van der Waals surface area contributed by atoms with Crippen molar-refractivity contribution < 1.29 is 14.3 Å². The Morgan fingerprint density at radius 3 is 2.83 bits per heavy atom. The van der Waals surface area contributed by atoms with Crippen LogP contribution >= 0.6 is 0 Å². The van der Waals surface area contributed by atoms with E-state index in [-0.39, 0.29) is 6.29 Å². The van der Waals surface area contributed by atoms with Crippen LogP contribution < -0.4 is 5.73 Å². The van der Waals surface area contributed by atoms with E-state index in [1.165, 1.54) is 0 Å². The molecular formula is C16H26N4O3. The van der Waals surface area contributed by atoms with Crippen molar-refractivity contribution in [1.82, 2.24) is 9.97 Å². The highest BCUT2D eigenvalue weighted by Gasteiger charge is 2.21. The monoisotopic (exact) mass is 322 g/mol. The molecule has 23 heavy (non-hydrogen) atoms. The average molecular weight is 322 g/mol. The minimum absolute atomic E-state index is 0.176. The van der Waals surface area contributed by atoms with Gasteiger partial charge in [0.1, 0.15) is 6.61 Å². The van der Waals surface area contributed by atoms with E-state index in [2.05, 4.69) is 22.0 Å². The highest BCUT2D eigenvalue weighted by Crippen LogP contribution is 2.23. The zero-order chi connectivity index (χ0) is 16.7. The molecule has 7 heteroatoms. The molecule has 2 N–H and O–H groups in total. The molecule has 0 amide bonds. The summed E-state index contributed by atoms with van der Waals surface area (Å²) in [6.45, 7) is 4.85. The van der Waals surface area contributed by atoms with Gasteiger partial charge in [-0.15, -0.1) is 0 Å². The fraction of sp³-hybridized carbons (Fsp3) is 0.688. The lowest BCUT2D eigenvalue weighted by Crippen LogP contribution is -2.19. The fourth-order valence-corrected chi connectivity index (χ4v) is 2.70. The van der Waals surface area contributed by atoms with Gasteiger partial charge in [-0.3, -0.25) is 0 Å². The van der Waals surface area contributed by atoms with Crippen molar-refractivity contribution in [3.05, 3.63) is 17.0 Å². The summed E-state index contributed by atoms with van der Waals surface area (Å²) in [5.74, 6) is 0.318. The zero-order valence-electron chi connectivity index (χ0n) is 14.2. The summed E-state index contributed by atoms with van der Waals surface area (Å²) in [6.07, 6.45) is 4.46. The molecule has 1 aromatic heterocycles. The second kappa shape index (κ2) is 8.79. The van der Waals surface area contributed by atoms with Crippen LogP contribution in [0, 0.1) is 6.92 Å². The third kappa shape index (κ3) is 4.87. The Kier molecular flexibility index (Phi) is 6.73. The Morgan fingerprint density at radius 2 is 2.09 bits per heavy atom. The van der Waals surface area contributed by atoms with Gasteiger partial charge in [-0.25, -0.2) is 9.97 Å². The number of methoxy groups -OCH3 is 1. The van der Waals surface area contributed by atoms with Crippen molar-refractivity contribution in [2.24, 2.45) is 5.16 Å². The van der Waals surface area contributed by atoms with Crippen molar-refractivity contribution in [3.63, 3.8) is 0 Å². The predicted molar refractivity (Wildman–Crippen MR) is 88.3 cm³/mol. The molecule has 1 aliphatic carbocycles. The summed E-state index contributed by atoms with van der Waals surface area (Å²) in [7, 11) is 1.65. The number of aromatic nitrogens is 2. The predicted octanol–water partition coefficient (Wildman–Crippen LogP) is 2.21. The highest BCUT2D eigenvalue weighted by molar-refractivity contribution is 6.02. The van der Waals surface area contributed by atoms with Gasteiger partial charge in [-0.1, -0.05) is 18.5 Å². The molecular weight excluding hydrogens is 296 g/mol. The van der Waals surface area contributed by atoms with Crippen LogP contribution in [0.2, 0.25) is 0 Å². The van der Waals surface area contributed by atoms with E-state index in [4.69, 9.17) is 20.0 Å². The number of fused-ring (bicyclic) bond motifs is 1. The maximum Gasteiger partial charge on any atom is 0.220 e. The first-order chi connectivity index (χ1) is 11.2. The highest BCUT2D eigenvalue weighted by atomic mass is 16.7. The molecule has 1 atom stereocenters. The van der Waals surface area contributed by atoms with Crippen LogP contribution in [-0.2, 0) is 20.7 Å². The topological polar surface area (TPSA) is 91.8 Å². The number of hydrogen-bond donors (Lipinski definition) is 1. The van der Waals surface area contributed by atoms with Crippen LogP contribution in [0.4, 0.5) is 5.95 Å². The summed E-state index contributed by atoms with van der Waals surface area (Å²) in [6, 6.07) is 0. The summed E-state index contributed by atoms with van der Waals surface area (Å²) in [5.41, 5.74) is 9.40. The van der Waals surface area contributed by atoms with Crippen LogP contribution in [0.25, 0.3) is 0 Å². The van der Waals surface area contributed by atoms with Crippen molar-refractivity contribution in [3.8, 4) is 0 Å². The van der Waals surface area contributed by atoms with Gasteiger partial charge in [-0.2, -0.15) is 0 Å². The molecule has 0 bridgehead atoms. The Morgan fingerprint density at radius 1 is 1.26 bits per heavy atom. The van der Waals surface area contributed by atoms with Gasteiger partial charge in [0, 0.05) is 12.7 Å². The van der Waals surface area contributed by atoms with E-state index in [0.717, 1.165) is 54.8 Å². The average Bonchev–Trinajstić information content (AvgIpc) is 2.53. The lowest BCUT2D eigenvalue weighted by Gasteiger charge is -2.18. The smallest absolute Gasteiger partial charge is 0.220 e. The summed E-state index contributed by atoms with van der Waals surface area (Å²) in [4.78, 5) is 13.9. The molecule has 0 fully saturated rings. The van der Waals surface area contributed by atoms with Crippen LogP contribution in [0.5, 0.6) is 0 Å². The number of rotatable bonds is 8. The molecule has 2 rings (SSSR count). The number of hydrogen-bond acceptors (Lipinski definition) is 7. The minimum atomic E-state index is -0.176. The van der Waals surface area contributed by atoms with E-state index < -0.39 is 0 Å². The Labute approximate surface area is 137 Å². The molecule has 1 heterocycles. The molecule has 0 saturated heterocycles. The van der Waals surface area contributed by atoms with Gasteiger partial charge in [0.2, 0.25) is 5.95 Å². The van der Waals surface area contributed by atoms with Crippen molar-refractivity contribution in [1.29, 1.82) is 0 Å². The lowest BCUT2D eigenvalue weighted by molar-refractivity contribution is -0.137. The maximum atomic E-state index is 5.71. The molecule has 0 aromatic carbocycles. The molecule has 0 saturated carbocycles. The van der Waals surface area contributed by atoms with Gasteiger partial charge >= 0.3 is 0 Å². The van der Waals surface area contributed by atoms with Gasteiger partial charge < -0.3 is 20.0 Å². The number of oxime groups is 1. The summed E-state index contributed by atoms with van der Waals surface area (Å²) >= 11 is 0. The molecule has 1 aliphatic rings. The minimum Gasteiger partial charge on any atom is -0.393 e. The number of nitrogens with zero attached hydrogens (tertiary/aromatic N) is 3. The third-order valence-electron chi connectivity index (χ3n) is 3.74. The summed E-state index contributed by atoms with van der Waals surface area (Å²) in [5, 5.41) is 4.26. The van der Waals surface area contributed by atoms with Gasteiger partial charge in [-0.05, 0) is 32.6 Å². The molecule has 0 radical (unpaired) electrons. The van der Waals surface area contributed by atoms with Crippen molar-refractivity contribution in [2.75, 3.05) is 26.1 Å². The third-order valence-corrected chi connectivity index (χ3v) is 3.74. The SMILES string of the molecule is CCCC(OC)OCCO/N=C1\CCCc2nc(N)nc(C)c21. The van der Waals surface area contributed by atoms with Crippen LogP contribution in [0.15, 0.2) is 5.16 Å². The molecule has 1 aromatic rings. The van der Waals surface area contributed by atoms with Crippen molar-refractivity contribution >= 4 is 11.7 Å². The van der Waals surface area contributed by atoms with E-state index in [9.17, 15) is 0 Å². The Hall–Kier alpha value is -1.73. The maximum absolute atomic E-state index is 5.71.